The lowest BCUT2D eigenvalue weighted by atomic mass is 9.68. The fourth-order valence-corrected chi connectivity index (χ4v) is 6.96. The van der Waals surface area contributed by atoms with Crippen molar-refractivity contribution in [3.05, 3.63) is 113 Å². The lowest BCUT2D eigenvalue weighted by Crippen LogP contribution is -2.33. The smallest absolute Gasteiger partial charge is 0.0450 e. The average molecular weight is 490 g/mol. The highest BCUT2D eigenvalue weighted by molar-refractivity contribution is 5.88. The van der Waals surface area contributed by atoms with Crippen molar-refractivity contribution in [1.29, 1.82) is 0 Å². The summed E-state index contributed by atoms with van der Waals surface area (Å²) < 4.78 is 0. The molecule has 2 aliphatic rings. The third-order valence-electron chi connectivity index (χ3n) is 9.05. The van der Waals surface area contributed by atoms with Gasteiger partial charge in [0.2, 0.25) is 0 Å². The molecule has 1 saturated carbocycles. The Balaban J connectivity index is 1.52. The Kier molecular flexibility index (Phi) is 7.17. The number of nitrogens with zero attached hydrogens (tertiary/aromatic N) is 1. The Labute approximate surface area is 224 Å². The molecule has 1 aliphatic carbocycles. The average Bonchev–Trinajstić information content (AvgIpc) is 3.15. The Morgan fingerprint density at radius 2 is 1.70 bits per heavy atom. The zero-order valence-electron chi connectivity index (χ0n) is 23.3. The van der Waals surface area contributed by atoms with Crippen LogP contribution in [-0.4, -0.2) is 6.54 Å². The van der Waals surface area contributed by atoms with Crippen molar-refractivity contribution in [2.45, 2.75) is 83.5 Å². The summed E-state index contributed by atoms with van der Waals surface area (Å²) in [7, 11) is 0. The molecule has 1 nitrogen and oxygen atoms in total. The van der Waals surface area contributed by atoms with Crippen LogP contribution < -0.4 is 4.90 Å². The Morgan fingerprint density at radius 3 is 2.49 bits per heavy atom. The van der Waals surface area contributed by atoms with Gasteiger partial charge in [0.1, 0.15) is 0 Å². The Morgan fingerprint density at radius 1 is 0.973 bits per heavy atom. The van der Waals surface area contributed by atoms with Crippen LogP contribution in [0.3, 0.4) is 0 Å². The highest BCUT2D eigenvalue weighted by Crippen LogP contribution is 2.55. The number of aryl methyl sites for hydroxylation is 1. The molecule has 0 aromatic heterocycles. The van der Waals surface area contributed by atoms with Gasteiger partial charge in [-0.15, -0.1) is 0 Å². The number of fused-ring (bicyclic) bond motifs is 3. The lowest BCUT2D eigenvalue weighted by Gasteiger charge is -2.37. The molecule has 192 valence electrons. The number of hydrogen-bond acceptors (Lipinski definition) is 1. The summed E-state index contributed by atoms with van der Waals surface area (Å²) in [6.45, 7) is 14.9. The maximum Gasteiger partial charge on any atom is 0.0450 e. The van der Waals surface area contributed by atoms with Crippen LogP contribution in [0.4, 0.5) is 5.69 Å². The molecule has 3 aromatic rings. The summed E-state index contributed by atoms with van der Waals surface area (Å²) in [5.74, 6) is 0. The van der Waals surface area contributed by atoms with Crippen LogP contribution in [-0.2, 0) is 10.8 Å². The quantitative estimate of drug-likeness (QED) is 0.298. The largest absolute Gasteiger partial charge is 0.344 e. The minimum Gasteiger partial charge on any atom is -0.344 e. The van der Waals surface area contributed by atoms with Crippen LogP contribution in [0.5, 0.6) is 0 Å². The first kappa shape index (κ1) is 25.6. The highest BCUT2D eigenvalue weighted by Gasteiger charge is 2.46. The van der Waals surface area contributed by atoms with E-state index in [4.69, 9.17) is 0 Å². The van der Waals surface area contributed by atoms with Crippen LogP contribution in [0.15, 0.2) is 96.7 Å². The van der Waals surface area contributed by atoms with E-state index in [9.17, 15) is 0 Å². The van der Waals surface area contributed by atoms with Crippen LogP contribution in [0.25, 0.3) is 10.8 Å². The van der Waals surface area contributed by atoms with Crippen LogP contribution in [0.1, 0.15) is 82.4 Å². The first-order valence-corrected chi connectivity index (χ1v) is 14.3. The second kappa shape index (κ2) is 10.4. The minimum atomic E-state index is -0.164. The van der Waals surface area contributed by atoms with Gasteiger partial charge in [0.15, 0.2) is 0 Å². The van der Waals surface area contributed by atoms with Gasteiger partial charge >= 0.3 is 0 Å². The molecule has 37 heavy (non-hydrogen) atoms. The van der Waals surface area contributed by atoms with E-state index >= 15 is 0 Å². The molecule has 0 saturated heterocycles. The minimum absolute atomic E-state index is 0.163. The number of rotatable bonds is 7. The number of para-hydroxylation sites is 1. The van der Waals surface area contributed by atoms with Gasteiger partial charge in [0, 0.05) is 28.8 Å². The summed E-state index contributed by atoms with van der Waals surface area (Å²) in [4.78, 5) is 2.64. The molecule has 0 N–H and O–H groups in total. The van der Waals surface area contributed by atoms with Crippen molar-refractivity contribution in [2.75, 3.05) is 11.4 Å². The molecular formula is C36H43N. The van der Waals surface area contributed by atoms with Crippen molar-refractivity contribution < 1.29 is 0 Å². The molecule has 0 bridgehead atoms. The number of benzene rings is 3. The third kappa shape index (κ3) is 4.48. The Hall–Kier alpha value is -3.06. The molecule has 0 unspecified atom stereocenters. The van der Waals surface area contributed by atoms with E-state index in [0.717, 1.165) is 12.1 Å². The van der Waals surface area contributed by atoms with Gasteiger partial charge in [-0.3, -0.25) is 0 Å². The predicted octanol–water partition coefficient (Wildman–Crippen LogP) is 9.94. The molecule has 0 atom stereocenters. The van der Waals surface area contributed by atoms with Gasteiger partial charge in [-0.1, -0.05) is 120 Å². The monoisotopic (exact) mass is 489 g/mol. The molecular weight excluding hydrogens is 446 g/mol. The van der Waals surface area contributed by atoms with E-state index in [2.05, 4.69) is 118 Å². The summed E-state index contributed by atoms with van der Waals surface area (Å²) >= 11 is 0. The normalized spacial score (nSPS) is 18.3. The highest BCUT2D eigenvalue weighted by atomic mass is 15.2. The van der Waals surface area contributed by atoms with Crippen LogP contribution >= 0.6 is 0 Å². The second-order valence-electron chi connectivity index (χ2n) is 11.7. The van der Waals surface area contributed by atoms with Crippen molar-refractivity contribution in [3.63, 3.8) is 0 Å². The van der Waals surface area contributed by atoms with E-state index in [1.54, 1.807) is 5.56 Å². The molecule has 1 fully saturated rings. The first-order valence-electron chi connectivity index (χ1n) is 14.3. The van der Waals surface area contributed by atoms with Gasteiger partial charge in [0.05, 0.1) is 0 Å². The zero-order chi connectivity index (χ0) is 26.0. The second-order valence-corrected chi connectivity index (χ2v) is 11.7. The molecule has 1 heterocycles. The number of hydrogen-bond donors (Lipinski definition) is 0. The molecule has 1 heteroatoms. The van der Waals surface area contributed by atoms with E-state index in [0.29, 0.717) is 0 Å². The van der Waals surface area contributed by atoms with E-state index < -0.39 is 0 Å². The van der Waals surface area contributed by atoms with E-state index in [1.165, 1.54) is 78.2 Å². The lowest BCUT2D eigenvalue weighted by molar-refractivity contribution is 0.345. The summed E-state index contributed by atoms with van der Waals surface area (Å²) in [6.07, 6.45) is 15.9. The molecule has 3 aromatic carbocycles. The fourth-order valence-electron chi connectivity index (χ4n) is 6.96. The van der Waals surface area contributed by atoms with Crippen molar-refractivity contribution in [2.24, 2.45) is 0 Å². The fraction of sp³-hybridized carbons (Fsp3) is 0.389. The standard InChI is InChI=1S/C36H43N/c1-6-7-26-37-32-20-12-11-19-31(32)36(24-13-8-14-25-36)33(37)21-15-16-28(3)35(4,5)34-27(2)22-23-29-17-9-10-18-30(29)34/h9-12,15-23H,3,6-8,13-14,24-26H2,1-2,4-5H3/b16-15+,33-21+. The summed E-state index contributed by atoms with van der Waals surface area (Å²) in [6, 6.07) is 22.4. The SMILES string of the molecule is C=C(/C=C/C=C1/N(CCCC)c2ccccc2C12CCCCC2)C(C)(C)c1c(C)ccc2ccccc12. The maximum atomic E-state index is 4.60. The first-order chi connectivity index (χ1) is 17.9. The topological polar surface area (TPSA) is 3.24 Å². The van der Waals surface area contributed by atoms with Gasteiger partial charge < -0.3 is 4.90 Å². The Bertz CT molecular complexity index is 1350. The molecule has 5 rings (SSSR count). The van der Waals surface area contributed by atoms with E-state index in [-0.39, 0.29) is 10.8 Å². The summed E-state index contributed by atoms with van der Waals surface area (Å²) in [5.41, 5.74) is 8.35. The zero-order valence-corrected chi connectivity index (χ0v) is 23.3. The van der Waals surface area contributed by atoms with Crippen molar-refractivity contribution >= 4 is 16.5 Å². The molecule has 1 spiro atoms. The van der Waals surface area contributed by atoms with Gasteiger partial charge in [-0.2, -0.15) is 0 Å². The van der Waals surface area contributed by atoms with Gasteiger partial charge in [0.25, 0.3) is 0 Å². The maximum absolute atomic E-state index is 4.60. The van der Waals surface area contributed by atoms with Gasteiger partial charge in [-0.05, 0) is 71.4 Å². The van der Waals surface area contributed by atoms with Crippen LogP contribution in [0.2, 0.25) is 0 Å². The number of allylic oxidation sites excluding steroid dienone is 5. The number of unbranched alkanes of at least 4 members (excludes halogenated alkanes) is 1. The number of anilines is 1. The molecule has 0 radical (unpaired) electrons. The molecule has 0 amide bonds. The third-order valence-corrected chi connectivity index (χ3v) is 9.05. The van der Waals surface area contributed by atoms with Gasteiger partial charge in [-0.25, -0.2) is 0 Å². The summed E-state index contributed by atoms with van der Waals surface area (Å²) in [5, 5.41) is 2.63. The van der Waals surface area contributed by atoms with Crippen LogP contribution in [0, 0.1) is 6.92 Å². The van der Waals surface area contributed by atoms with Crippen molar-refractivity contribution in [3.8, 4) is 0 Å². The molecule has 1 aliphatic heterocycles. The van der Waals surface area contributed by atoms with E-state index in [1.807, 2.05) is 0 Å². The van der Waals surface area contributed by atoms with Crippen molar-refractivity contribution in [1.82, 2.24) is 0 Å². The predicted molar refractivity (Wildman–Crippen MR) is 162 cm³/mol.